The molecule has 0 amide bonds. The summed E-state index contributed by atoms with van der Waals surface area (Å²) in [5.74, 6) is 0. The van der Waals surface area contributed by atoms with Gasteiger partial charge in [-0.15, -0.1) is 0 Å². The Hall–Kier alpha value is -1.62. The summed E-state index contributed by atoms with van der Waals surface area (Å²) in [6.45, 7) is 1.98. The van der Waals surface area contributed by atoms with Crippen LogP contribution in [0.3, 0.4) is 0 Å². The van der Waals surface area contributed by atoms with Crippen LogP contribution in [0.15, 0.2) is 24.3 Å². The third kappa shape index (κ3) is 4.40. The van der Waals surface area contributed by atoms with E-state index in [0.717, 1.165) is 25.2 Å². The molecule has 0 heterocycles. The number of hydrogen-bond donors (Lipinski definition) is 0. The van der Waals surface area contributed by atoms with Crippen LogP contribution in [-0.2, 0) is 0 Å². The molecule has 0 spiro atoms. The van der Waals surface area contributed by atoms with Gasteiger partial charge in [0.25, 0.3) is 5.69 Å². The summed E-state index contributed by atoms with van der Waals surface area (Å²) < 4.78 is 0. The van der Waals surface area contributed by atoms with Gasteiger partial charge in [0.05, 0.1) is 4.92 Å². The summed E-state index contributed by atoms with van der Waals surface area (Å²) in [5, 5.41) is 10.5. The maximum absolute atomic E-state index is 10.5. The molecule has 0 atom stereocenters. The lowest BCUT2D eigenvalue weighted by molar-refractivity contribution is -0.384. The van der Waals surface area contributed by atoms with E-state index in [-0.39, 0.29) is 10.6 Å². The molecule has 0 bridgehead atoms. The Morgan fingerprint density at radius 3 is 2.18 bits per heavy atom. The van der Waals surface area contributed by atoms with Crippen molar-refractivity contribution < 1.29 is 4.92 Å². The Labute approximate surface area is 102 Å². The monoisotopic (exact) mass is 237 g/mol. The first-order valence-corrected chi connectivity index (χ1v) is 5.61. The number of anilines is 1. The van der Waals surface area contributed by atoms with Crippen LogP contribution in [0.5, 0.6) is 0 Å². The van der Waals surface area contributed by atoms with Crippen molar-refractivity contribution >= 4 is 11.4 Å². The van der Waals surface area contributed by atoms with E-state index in [9.17, 15) is 10.1 Å². The fourth-order valence-corrected chi connectivity index (χ4v) is 1.58. The minimum Gasteiger partial charge on any atom is -0.375 e. The molecule has 94 valence electrons. The zero-order valence-corrected chi connectivity index (χ0v) is 10.6. The van der Waals surface area contributed by atoms with Crippen molar-refractivity contribution in [1.29, 1.82) is 0 Å². The van der Waals surface area contributed by atoms with Gasteiger partial charge in [-0.2, -0.15) is 0 Å². The molecule has 0 aliphatic rings. The van der Waals surface area contributed by atoms with Gasteiger partial charge >= 0.3 is 0 Å². The molecule has 0 fully saturated rings. The zero-order valence-electron chi connectivity index (χ0n) is 10.6. The Morgan fingerprint density at radius 2 is 1.71 bits per heavy atom. The summed E-state index contributed by atoms with van der Waals surface area (Å²) in [7, 11) is 6.09. The van der Waals surface area contributed by atoms with E-state index < -0.39 is 0 Å². The number of benzene rings is 1. The van der Waals surface area contributed by atoms with Crippen molar-refractivity contribution in [3.05, 3.63) is 34.4 Å². The molecule has 17 heavy (non-hydrogen) atoms. The second-order valence-electron chi connectivity index (χ2n) is 4.35. The number of non-ortho nitro benzene ring substituents is 1. The highest BCUT2D eigenvalue weighted by Crippen LogP contribution is 2.18. The van der Waals surface area contributed by atoms with Crippen molar-refractivity contribution in [2.45, 2.75) is 6.42 Å². The number of rotatable bonds is 6. The molecule has 5 heteroatoms. The van der Waals surface area contributed by atoms with Crippen molar-refractivity contribution in [3.63, 3.8) is 0 Å². The highest BCUT2D eigenvalue weighted by atomic mass is 16.6. The van der Waals surface area contributed by atoms with Gasteiger partial charge < -0.3 is 9.80 Å². The van der Waals surface area contributed by atoms with E-state index in [1.165, 1.54) is 12.1 Å². The van der Waals surface area contributed by atoms with Crippen LogP contribution < -0.4 is 4.90 Å². The maximum Gasteiger partial charge on any atom is 0.269 e. The second-order valence-corrected chi connectivity index (χ2v) is 4.35. The van der Waals surface area contributed by atoms with Gasteiger partial charge in [0.1, 0.15) is 0 Å². The molecular weight excluding hydrogens is 218 g/mol. The van der Waals surface area contributed by atoms with Crippen LogP contribution in [0.25, 0.3) is 0 Å². The molecule has 1 aromatic carbocycles. The van der Waals surface area contributed by atoms with Gasteiger partial charge in [-0.3, -0.25) is 10.1 Å². The van der Waals surface area contributed by atoms with E-state index in [1.54, 1.807) is 12.1 Å². The Balaban J connectivity index is 2.51. The molecule has 0 aliphatic carbocycles. The number of hydrogen-bond acceptors (Lipinski definition) is 4. The van der Waals surface area contributed by atoms with Crippen LogP contribution in [-0.4, -0.2) is 44.1 Å². The van der Waals surface area contributed by atoms with Gasteiger partial charge in [-0.1, -0.05) is 0 Å². The third-order valence-electron chi connectivity index (χ3n) is 2.60. The van der Waals surface area contributed by atoms with Gasteiger partial charge in [-0.05, 0) is 39.2 Å². The first-order valence-electron chi connectivity index (χ1n) is 5.61. The molecule has 0 N–H and O–H groups in total. The minimum atomic E-state index is -0.379. The predicted octanol–water partition coefficient (Wildman–Crippen LogP) is 1.98. The SMILES string of the molecule is CN(C)CCCN(C)c1ccc([N+](=O)[O-])cc1. The van der Waals surface area contributed by atoms with Crippen molar-refractivity contribution in [2.24, 2.45) is 0 Å². The summed E-state index contributed by atoms with van der Waals surface area (Å²) in [4.78, 5) is 14.4. The summed E-state index contributed by atoms with van der Waals surface area (Å²) >= 11 is 0. The molecule has 5 nitrogen and oxygen atoms in total. The zero-order chi connectivity index (χ0) is 12.8. The smallest absolute Gasteiger partial charge is 0.269 e. The quantitative estimate of drug-likeness (QED) is 0.560. The van der Waals surface area contributed by atoms with Crippen LogP contribution >= 0.6 is 0 Å². The normalized spacial score (nSPS) is 10.6. The standard InChI is InChI=1S/C12H19N3O2/c1-13(2)9-4-10-14(3)11-5-7-12(8-6-11)15(16)17/h5-8H,4,9-10H2,1-3H3. The Kier molecular flexibility index (Phi) is 4.90. The topological polar surface area (TPSA) is 49.6 Å². The van der Waals surface area contributed by atoms with Gasteiger partial charge in [0, 0.05) is 31.4 Å². The van der Waals surface area contributed by atoms with E-state index >= 15 is 0 Å². The first kappa shape index (κ1) is 13.4. The lowest BCUT2D eigenvalue weighted by atomic mass is 10.2. The maximum atomic E-state index is 10.5. The van der Waals surface area contributed by atoms with Crippen LogP contribution in [0.2, 0.25) is 0 Å². The fraction of sp³-hybridized carbons (Fsp3) is 0.500. The number of nitro groups is 1. The molecule has 0 aliphatic heterocycles. The van der Waals surface area contributed by atoms with Crippen molar-refractivity contribution in [1.82, 2.24) is 4.90 Å². The molecule has 0 saturated carbocycles. The minimum absolute atomic E-state index is 0.135. The molecule has 1 aromatic rings. The van der Waals surface area contributed by atoms with Crippen LogP contribution in [0, 0.1) is 10.1 Å². The molecular formula is C12H19N3O2. The van der Waals surface area contributed by atoms with Crippen LogP contribution in [0.1, 0.15) is 6.42 Å². The predicted molar refractivity (Wildman–Crippen MR) is 69.5 cm³/mol. The third-order valence-corrected chi connectivity index (χ3v) is 2.60. The number of nitrogens with zero attached hydrogens (tertiary/aromatic N) is 3. The lowest BCUT2D eigenvalue weighted by Crippen LogP contribution is -2.23. The molecule has 1 rings (SSSR count). The number of nitro benzene ring substituents is 1. The van der Waals surface area contributed by atoms with Crippen LogP contribution in [0.4, 0.5) is 11.4 Å². The molecule has 0 unspecified atom stereocenters. The summed E-state index contributed by atoms with van der Waals surface area (Å²) in [6, 6.07) is 6.65. The van der Waals surface area contributed by atoms with Crippen molar-refractivity contribution in [3.8, 4) is 0 Å². The largest absolute Gasteiger partial charge is 0.375 e. The fourth-order valence-electron chi connectivity index (χ4n) is 1.58. The highest BCUT2D eigenvalue weighted by Gasteiger charge is 2.06. The van der Waals surface area contributed by atoms with E-state index in [0.29, 0.717) is 0 Å². The summed E-state index contributed by atoms with van der Waals surface area (Å²) in [6.07, 6.45) is 1.07. The van der Waals surface area contributed by atoms with E-state index in [1.807, 2.05) is 21.1 Å². The average Bonchev–Trinajstić information content (AvgIpc) is 2.28. The summed E-state index contributed by atoms with van der Waals surface area (Å²) in [5.41, 5.74) is 1.14. The Morgan fingerprint density at radius 1 is 1.12 bits per heavy atom. The van der Waals surface area contributed by atoms with Gasteiger partial charge in [-0.25, -0.2) is 0 Å². The first-order chi connectivity index (χ1) is 8.00. The van der Waals surface area contributed by atoms with Gasteiger partial charge in [0.15, 0.2) is 0 Å². The lowest BCUT2D eigenvalue weighted by Gasteiger charge is -2.20. The van der Waals surface area contributed by atoms with E-state index in [2.05, 4.69) is 9.80 Å². The Bertz CT molecular complexity index is 363. The van der Waals surface area contributed by atoms with E-state index in [4.69, 9.17) is 0 Å². The molecule has 0 aromatic heterocycles. The molecule has 0 radical (unpaired) electrons. The molecule has 0 saturated heterocycles. The van der Waals surface area contributed by atoms with Crippen molar-refractivity contribution in [2.75, 3.05) is 39.1 Å². The highest BCUT2D eigenvalue weighted by molar-refractivity contribution is 5.50. The second kappa shape index (κ2) is 6.20. The van der Waals surface area contributed by atoms with Gasteiger partial charge in [0.2, 0.25) is 0 Å². The average molecular weight is 237 g/mol.